The van der Waals surface area contributed by atoms with E-state index in [0.29, 0.717) is 28.6 Å². The molecule has 8 heteroatoms. The van der Waals surface area contributed by atoms with Crippen molar-refractivity contribution < 1.29 is 37.5 Å². The number of aromatic nitrogens is 3. The van der Waals surface area contributed by atoms with E-state index in [-0.39, 0.29) is 51.6 Å². The molecule has 0 aliphatic carbocycles. The van der Waals surface area contributed by atoms with Crippen molar-refractivity contribution in [3.8, 4) is 5.69 Å². The molecular formula is C19H20N4O2SY-2. The van der Waals surface area contributed by atoms with Crippen LogP contribution in [0.4, 0.5) is 0 Å². The summed E-state index contributed by atoms with van der Waals surface area (Å²) in [7, 11) is 0. The third kappa shape index (κ3) is 4.83. The SMILES string of the molecule is CC[N-]C(=O)c1ccc(-n2c(=O)ccc3c(C)nc(SC)nc32)cc1.[CH3-].[Y]. The van der Waals surface area contributed by atoms with Crippen molar-refractivity contribution in [1.82, 2.24) is 14.5 Å². The molecule has 0 saturated carbocycles. The Labute approximate surface area is 188 Å². The van der Waals surface area contributed by atoms with Gasteiger partial charge in [0, 0.05) is 44.2 Å². The van der Waals surface area contributed by atoms with Crippen LogP contribution in [0.1, 0.15) is 23.0 Å². The van der Waals surface area contributed by atoms with E-state index in [4.69, 9.17) is 0 Å². The summed E-state index contributed by atoms with van der Waals surface area (Å²) in [6.45, 7) is 4.15. The van der Waals surface area contributed by atoms with Crippen molar-refractivity contribution in [2.24, 2.45) is 0 Å². The Bertz CT molecular complexity index is 1000. The zero-order chi connectivity index (χ0) is 18.0. The molecule has 1 aromatic carbocycles. The Morgan fingerprint density at radius 1 is 1.15 bits per heavy atom. The molecule has 1 amide bonds. The maximum absolute atomic E-state index is 12.5. The minimum absolute atomic E-state index is 0. The molecule has 3 rings (SSSR count). The van der Waals surface area contributed by atoms with Crippen molar-refractivity contribution >= 4 is 28.7 Å². The first kappa shape index (κ1) is 23.5. The van der Waals surface area contributed by atoms with Gasteiger partial charge in [0.2, 0.25) is 0 Å². The maximum atomic E-state index is 12.5. The number of aryl methyl sites for hydroxylation is 1. The predicted molar refractivity (Wildman–Crippen MR) is 106 cm³/mol. The van der Waals surface area contributed by atoms with Crippen molar-refractivity contribution in [3.63, 3.8) is 0 Å². The molecule has 0 bridgehead atoms. The van der Waals surface area contributed by atoms with Gasteiger partial charge in [-0.3, -0.25) is 9.36 Å². The Morgan fingerprint density at radius 3 is 2.41 bits per heavy atom. The maximum Gasteiger partial charge on any atom is 0.256 e. The van der Waals surface area contributed by atoms with Crippen molar-refractivity contribution in [2.45, 2.75) is 19.0 Å². The Balaban J connectivity index is 0.00000182. The summed E-state index contributed by atoms with van der Waals surface area (Å²) in [5.41, 5.74) is 2.33. The monoisotopic (exact) mass is 457 g/mol. The summed E-state index contributed by atoms with van der Waals surface area (Å²) in [6, 6.07) is 10.1. The van der Waals surface area contributed by atoms with Crippen LogP contribution in [0.5, 0.6) is 0 Å². The van der Waals surface area contributed by atoms with Gasteiger partial charge in [-0.25, -0.2) is 9.97 Å². The summed E-state index contributed by atoms with van der Waals surface area (Å²) < 4.78 is 1.54. The van der Waals surface area contributed by atoms with E-state index in [2.05, 4.69) is 15.3 Å². The molecule has 2 aromatic heterocycles. The number of hydrogen-bond donors (Lipinski definition) is 0. The third-order valence-electron chi connectivity index (χ3n) is 3.78. The average Bonchev–Trinajstić information content (AvgIpc) is 2.61. The molecule has 6 nitrogen and oxygen atoms in total. The number of hydrogen-bond acceptors (Lipinski definition) is 5. The van der Waals surface area contributed by atoms with Gasteiger partial charge in [-0.05, 0) is 36.9 Å². The normalized spacial score (nSPS) is 10.0. The van der Waals surface area contributed by atoms with Crippen LogP contribution in [0.3, 0.4) is 0 Å². The first-order valence-corrected chi connectivity index (χ1v) is 9.04. The second-order valence-electron chi connectivity index (χ2n) is 5.37. The number of carbonyl (C=O) groups excluding carboxylic acids is 1. The topological polar surface area (TPSA) is 79.0 Å². The summed E-state index contributed by atoms with van der Waals surface area (Å²) in [5.74, 6) is -0.262. The molecule has 0 atom stereocenters. The Hall–Kier alpha value is -1.57. The van der Waals surface area contributed by atoms with Gasteiger partial charge in [0.1, 0.15) is 0 Å². The van der Waals surface area contributed by atoms with E-state index < -0.39 is 0 Å². The third-order valence-corrected chi connectivity index (χ3v) is 4.32. The fourth-order valence-corrected chi connectivity index (χ4v) is 2.98. The van der Waals surface area contributed by atoms with Crippen molar-refractivity contribution in [3.05, 3.63) is 70.8 Å². The quantitative estimate of drug-likeness (QED) is 0.338. The van der Waals surface area contributed by atoms with E-state index in [1.165, 1.54) is 22.4 Å². The van der Waals surface area contributed by atoms with Crippen LogP contribution in [-0.2, 0) is 32.7 Å². The summed E-state index contributed by atoms with van der Waals surface area (Å²) >= 11 is 1.42. The molecule has 0 aliphatic heterocycles. The van der Waals surface area contributed by atoms with Crippen LogP contribution in [0.15, 0.2) is 46.3 Å². The second kappa shape index (κ2) is 10.1. The van der Waals surface area contributed by atoms with Crippen LogP contribution in [0.2, 0.25) is 0 Å². The predicted octanol–water partition coefficient (Wildman–Crippen LogP) is 3.79. The summed E-state index contributed by atoms with van der Waals surface area (Å²) in [6.07, 6.45) is 1.89. The number of pyridine rings is 1. The molecule has 0 spiro atoms. The molecule has 0 saturated heterocycles. The number of carbonyl (C=O) groups is 1. The van der Waals surface area contributed by atoms with Crippen LogP contribution < -0.4 is 5.56 Å². The molecule has 139 valence electrons. The van der Waals surface area contributed by atoms with Crippen LogP contribution in [0.25, 0.3) is 22.0 Å². The Morgan fingerprint density at radius 2 is 1.81 bits per heavy atom. The fraction of sp³-hybridized carbons (Fsp3) is 0.211. The molecule has 1 radical (unpaired) electrons. The number of amides is 1. The van der Waals surface area contributed by atoms with E-state index in [9.17, 15) is 9.59 Å². The van der Waals surface area contributed by atoms with Gasteiger partial charge < -0.3 is 17.5 Å². The van der Waals surface area contributed by atoms with E-state index in [1.54, 1.807) is 30.3 Å². The second-order valence-corrected chi connectivity index (χ2v) is 6.14. The number of benzene rings is 1. The molecular weight excluding hydrogens is 437 g/mol. The van der Waals surface area contributed by atoms with E-state index >= 15 is 0 Å². The smallest absolute Gasteiger partial charge is 0.256 e. The number of thioether (sulfide) groups is 1. The molecule has 0 N–H and O–H groups in total. The van der Waals surface area contributed by atoms with Gasteiger partial charge in [-0.15, -0.1) is 6.54 Å². The molecule has 0 fully saturated rings. The van der Waals surface area contributed by atoms with Crippen LogP contribution in [-0.4, -0.2) is 33.2 Å². The number of fused-ring (bicyclic) bond motifs is 1. The van der Waals surface area contributed by atoms with Gasteiger partial charge >= 0.3 is 0 Å². The summed E-state index contributed by atoms with van der Waals surface area (Å²) in [4.78, 5) is 33.2. The van der Waals surface area contributed by atoms with Crippen molar-refractivity contribution in [2.75, 3.05) is 12.8 Å². The molecule has 2 heterocycles. The minimum Gasteiger partial charge on any atom is -0.649 e. The zero-order valence-electron chi connectivity index (χ0n) is 15.8. The van der Waals surface area contributed by atoms with Gasteiger partial charge in [-0.2, -0.15) is 0 Å². The number of nitrogens with zero attached hydrogens (tertiary/aromatic N) is 4. The van der Waals surface area contributed by atoms with Gasteiger partial charge in [0.05, 0.1) is 17.3 Å². The van der Waals surface area contributed by atoms with Gasteiger partial charge in [0.25, 0.3) is 5.56 Å². The molecule has 27 heavy (non-hydrogen) atoms. The number of rotatable bonds is 4. The minimum atomic E-state index is -0.262. The van der Waals surface area contributed by atoms with E-state index in [0.717, 1.165) is 11.1 Å². The van der Waals surface area contributed by atoms with Crippen LogP contribution in [0, 0.1) is 14.4 Å². The molecule has 0 unspecified atom stereocenters. The van der Waals surface area contributed by atoms with Gasteiger partial charge in [-0.1, -0.05) is 30.8 Å². The fourth-order valence-electron chi connectivity index (χ4n) is 2.57. The standard InChI is InChI=1S/C18H18N4O2S.CH3.Y/c1-4-19-17(24)12-5-7-13(8-6-12)22-15(23)10-9-14-11(2)20-18(25-3)21-16(14)22;;/h5-10H,4H2,1-3H3,(H,19,24);1H3;/q;-1;/p-1. The first-order valence-electron chi connectivity index (χ1n) is 7.81. The van der Waals surface area contributed by atoms with Gasteiger partial charge in [0.15, 0.2) is 10.8 Å². The van der Waals surface area contributed by atoms with E-state index in [1.807, 2.05) is 20.1 Å². The average molecular weight is 457 g/mol. The largest absolute Gasteiger partial charge is 0.649 e. The first-order chi connectivity index (χ1) is 12.0. The molecule has 0 aliphatic rings. The van der Waals surface area contributed by atoms with Crippen LogP contribution >= 0.6 is 11.8 Å². The summed E-state index contributed by atoms with van der Waals surface area (Å²) in [5, 5.41) is 5.30. The van der Waals surface area contributed by atoms with Crippen molar-refractivity contribution in [1.29, 1.82) is 0 Å². The molecule has 3 aromatic rings. The Kier molecular flexibility index (Phi) is 8.79. The zero-order valence-corrected chi connectivity index (χ0v) is 19.4.